The molecule has 158 valence electrons. The van der Waals surface area contributed by atoms with Gasteiger partial charge in [-0.1, -0.05) is 54.6 Å². The highest BCUT2D eigenvalue weighted by Crippen LogP contribution is 2.39. The predicted octanol–water partition coefficient (Wildman–Crippen LogP) is 6.69. The van der Waals surface area contributed by atoms with E-state index in [4.69, 9.17) is 33.3 Å². The van der Waals surface area contributed by atoms with Gasteiger partial charge < -0.3 is 9.47 Å². The van der Waals surface area contributed by atoms with E-state index in [-0.39, 0.29) is 5.91 Å². The van der Waals surface area contributed by atoms with Crippen LogP contribution in [0.2, 0.25) is 5.02 Å². The van der Waals surface area contributed by atoms with Crippen molar-refractivity contribution >= 4 is 67.8 Å². The molecule has 0 spiro atoms. The van der Waals surface area contributed by atoms with E-state index >= 15 is 0 Å². The van der Waals surface area contributed by atoms with Crippen molar-refractivity contribution < 1.29 is 14.3 Å². The standard InChI is InChI=1S/C22H21BrClNO3S2/c1-3-9-25-21(26)19(30-22(25)29)12-15-10-17(23)20(18(11-15)27-4-2)28-13-14-5-7-16(24)8-6-14/h5-8,10-12H,3-4,9,13H2,1-2H3/b19-12-. The van der Waals surface area contributed by atoms with Crippen LogP contribution in [0.5, 0.6) is 11.5 Å². The number of hydrogen-bond donors (Lipinski definition) is 0. The number of thiocarbonyl (C=S) groups is 1. The second-order valence-electron chi connectivity index (χ2n) is 6.51. The smallest absolute Gasteiger partial charge is 0.266 e. The van der Waals surface area contributed by atoms with Crippen LogP contribution in [-0.4, -0.2) is 28.3 Å². The SMILES string of the molecule is CCCN1C(=O)/C(=C/c2cc(Br)c(OCc3ccc(Cl)cc3)c(OCC)c2)SC1=S. The Morgan fingerprint density at radius 2 is 1.93 bits per heavy atom. The van der Waals surface area contributed by atoms with E-state index in [1.807, 2.05) is 56.3 Å². The molecular formula is C22H21BrClNO3S2. The van der Waals surface area contributed by atoms with E-state index in [2.05, 4.69) is 15.9 Å². The minimum Gasteiger partial charge on any atom is -0.490 e. The molecule has 0 radical (unpaired) electrons. The van der Waals surface area contributed by atoms with Gasteiger partial charge >= 0.3 is 0 Å². The van der Waals surface area contributed by atoms with Crippen LogP contribution in [0, 0.1) is 0 Å². The highest BCUT2D eigenvalue weighted by Gasteiger charge is 2.31. The molecule has 30 heavy (non-hydrogen) atoms. The number of thioether (sulfide) groups is 1. The van der Waals surface area contributed by atoms with Gasteiger partial charge in [0.1, 0.15) is 10.9 Å². The Bertz CT molecular complexity index is 979. The topological polar surface area (TPSA) is 38.8 Å². The molecule has 0 saturated carbocycles. The Morgan fingerprint density at radius 3 is 2.60 bits per heavy atom. The Hall–Kier alpha value is -1.54. The maximum atomic E-state index is 12.6. The number of carbonyl (C=O) groups is 1. The van der Waals surface area contributed by atoms with Crippen molar-refractivity contribution in [3.63, 3.8) is 0 Å². The van der Waals surface area contributed by atoms with E-state index < -0.39 is 0 Å². The number of halogens is 2. The summed E-state index contributed by atoms with van der Waals surface area (Å²) in [6, 6.07) is 11.3. The number of hydrogen-bond acceptors (Lipinski definition) is 5. The van der Waals surface area contributed by atoms with Crippen molar-refractivity contribution in [1.29, 1.82) is 0 Å². The zero-order valence-electron chi connectivity index (χ0n) is 16.6. The van der Waals surface area contributed by atoms with E-state index in [0.29, 0.717) is 45.5 Å². The lowest BCUT2D eigenvalue weighted by molar-refractivity contribution is -0.122. The van der Waals surface area contributed by atoms with Crippen LogP contribution in [0.4, 0.5) is 0 Å². The highest BCUT2D eigenvalue weighted by molar-refractivity contribution is 9.10. The first kappa shape index (κ1) is 23.1. The van der Waals surface area contributed by atoms with Gasteiger partial charge in [0.2, 0.25) is 0 Å². The van der Waals surface area contributed by atoms with E-state index in [1.165, 1.54) is 11.8 Å². The number of rotatable bonds is 8. The third-order valence-corrected chi connectivity index (χ3v) is 6.47. The van der Waals surface area contributed by atoms with E-state index in [0.717, 1.165) is 22.0 Å². The van der Waals surface area contributed by atoms with Crippen LogP contribution in [-0.2, 0) is 11.4 Å². The lowest BCUT2D eigenvalue weighted by Crippen LogP contribution is -2.28. The van der Waals surface area contributed by atoms with Gasteiger partial charge in [-0.05, 0) is 70.7 Å². The fourth-order valence-corrected chi connectivity index (χ4v) is 4.89. The van der Waals surface area contributed by atoms with Gasteiger partial charge in [0.25, 0.3) is 5.91 Å². The summed E-state index contributed by atoms with van der Waals surface area (Å²) in [6.45, 7) is 5.44. The normalized spacial score (nSPS) is 15.2. The van der Waals surface area contributed by atoms with Crippen LogP contribution in [0.15, 0.2) is 45.8 Å². The summed E-state index contributed by atoms with van der Waals surface area (Å²) in [5, 5.41) is 0.684. The summed E-state index contributed by atoms with van der Waals surface area (Å²) in [5.74, 6) is 1.17. The van der Waals surface area contributed by atoms with Gasteiger partial charge in [-0.3, -0.25) is 9.69 Å². The minimum absolute atomic E-state index is 0.0519. The lowest BCUT2D eigenvalue weighted by Gasteiger charge is -2.15. The maximum absolute atomic E-state index is 12.6. The molecule has 0 aromatic heterocycles. The number of ether oxygens (including phenoxy) is 2. The molecule has 0 bridgehead atoms. The number of benzene rings is 2. The van der Waals surface area contributed by atoms with Gasteiger partial charge in [-0.2, -0.15) is 0 Å². The van der Waals surface area contributed by atoms with Crippen molar-refractivity contribution in [2.45, 2.75) is 26.9 Å². The fourth-order valence-electron chi connectivity index (χ4n) is 2.88. The third-order valence-electron chi connectivity index (χ3n) is 4.25. The quantitative estimate of drug-likeness (QED) is 0.283. The number of carbonyl (C=O) groups excluding carboxylic acids is 1. The summed E-state index contributed by atoms with van der Waals surface area (Å²) in [6.07, 6.45) is 2.70. The second-order valence-corrected chi connectivity index (χ2v) is 9.48. The zero-order chi connectivity index (χ0) is 21.7. The largest absolute Gasteiger partial charge is 0.490 e. The molecule has 0 N–H and O–H groups in total. The summed E-state index contributed by atoms with van der Waals surface area (Å²) in [4.78, 5) is 14.9. The van der Waals surface area contributed by atoms with Crippen LogP contribution < -0.4 is 9.47 Å². The molecule has 0 aliphatic carbocycles. The Labute approximate surface area is 199 Å². The second kappa shape index (κ2) is 10.7. The molecule has 2 aromatic rings. The van der Waals surface area contributed by atoms with Crippen molar-refractivity contribution in [1.82, 2.24) is 4.90 Å². The summed E-state index contributed by atoms with van der Waals surface area (Å²) < 4.78 is 13.2. The Kier molecular flexibility index (Phi) is 8.22. The molecule has 1 aliphatic rings. The van der Waals surface area contributed by atoms with Crippen molar-refractivity contribution in [3.05, 3.63) is 61.9 Å². The van der Waals surface area contributed by atoms with E-state index in [1.54, 1.807) is 4.90 Å². The van der Waals surface area contributed by atoms with Crippen molar-refractivity contribution in [3.8, 4) is 11.5 Å². The average molecular weight is 527 g/mol. The Balaban J connectivity index is 1.85. The molecule has 0 atom stereocenters. The molecule has 2 aromatic carbocycles. The summed E-state index contributed by atoms with van der Waals surface area (Å²) >= 11 is 16.2. The van der Waals surface area contributed by atoms with Crippen LogP contribution in [0.25, 0.3) is 6.08 Å². The molecular weight excluding hydrogens is 506 g/mol. The summed E-state index contributed by atoms with van der Waals surface area (Å²) in [5.41, 5.74) is 1.83. The fraction of sp³-hybridized carbons (Fsp3) is 0.273. The van der Waals surface area contributed by atoms with Gasteiger partial charge in [-0.25, -0.2) is 0 Å². The number of amides is 1. The van der Waals surface area contributed by atoms with Crippen LogP contribution in [0.3, 0.4) is 0 Å². The first-order chi connectivity index (χ1) is 14.4. The molecule has 0 unspecified atom stereocenters. The van der Waals surface area contributed by atoms with Crippen LogP contribution in [0.1, 0.15) is 31.4 Å². The van der Waals surface area contributed by atoms with Gasteiger partial charge in [0.05, 0.1) is 16.0 Å². The predicted molar refractivity (Wildman–Crippen MR) is 131 cm³/mol. The number of nitrogens with zero attached hydrogens (tertiary/aromatic N) is 1. The van der Waals surface area contributed by atoms with Crippen LogP contribution >= 0.6 is 51.5 Å². The zero-order valence-corrected chi connectivity index (χ0v) is 20.6. The van der Waals surface area contributed by atoms with E-state index in [9.17, 15) is 4.79 Å². The van der Waals surface area contributed by atoms with Gasteiger partial charge in [0.15, 0.2) is 11.5 Å². The molecule has 1 fully saturated rings. The maximum Gasteiger partial charge on any atom is 0.266 e. The first-order valence-corrected chi connectivity index (χ1v) is 11.9. The molecule has 1 saturated heterocycles. The highest BCUT2D eigenvalue weighted by atomic mass is 79.9. The average Bonchev–Trinajstić information content (AvgIpc) is 2.97. The van der Waals surface area contributed by atoms with Gasteiger partial charge in [0, 0.05) is 11.6 Å². The molecule has 1 heterocycles. The summed E-state index contributed by atoms with van der Waals surface area (Å²) in [7, 11) is 0. The van der Waals surface area contributed by atoms with Gasteiger partial charge in [-0.15, -0.1) is 0 Å². The molecule has 4 nitrogen and oxygen atoms in total. The molecule has 8 heteroatoms. The third kappa shape index (κ3) is 5.58. The Morgan fingerprint density at radius 1 is 1.20 bits per heavy atom. The molecule has 1 aliphatic heterocycles. The lowest BCUT2D eigenvalue weighted by atomic mass is 10.1. The minimum atomic E-state index is -0.0519. The van der Waals surface area contributed by atoms with Crippen molar-refractivity contribution in [2.24, 2.45) is 0 Å². The van der Waals surface area contributed by atoms with Crippen molar-refractivity contribution in [2.75, 3.05) is 13.2 Å². The monoisotopic (exact) mass is 525 g/mol. The molecule has 1 amide bonds. The molecule has 3 rings (SSSR count). The first-order valence-electron chi connectivity index (χ1n) is 9.51.